The zero-order valence-corrected chi connectivity index (χ0v) is 14.7. The number of ether oxygens (including phenoxy) is 1. The lowest BCUT2D eigenvalue weighted by Crippen LogP contribution is -2.33. The van der Waals surface area contributed by atoms with Crippen molar-refractivity contribution >= 4 is 17.7 Å². The van der Waals surface area contributed by atoms with E-state index in [0.717, 1.165) is 12.8 Å². The highest BCUT2D eigenvalue weighted by atomic mass is 32.2. The minimum absolute atomic E-state index is 0.0349. The fourth-order valence-electron chi connectivity index (χ4n) is 2.69. The van der Waals surface area contributed by atoms with E-state index in [1.807, 2.05) is 0 Å². The van der Waals surface area contributed by atoms with E-state index in [-0.39, 0.29) is 23.3 Å². The van der Waals surface area contributed by atoms with Crippen molar-refractivity contribution in [2.24, 2.45) is 0 Å². The quantitative estimate of drug-likeness (QED) is 0.757. The summed E-state index contributed by atoms with van der Waals surface area (Å²) in [4.78, 5) is 11.9. The van der Waals surface area contributed by atoms with Gasteiger partial charge in [0.15, 0.2) is 17.7 Å². The van der Waals surface area contributed by atoms with Gasteiger partial charge in [0.2, 0.25) is 5.91 Å². The van der Waals surface area contributed by atoms with E-state index in [1.54, 1.807) is 19.1 Å². The molecule has 1 fully saturated rings. The van der Waals surface area contributed by atoms with Crippen molar-refractivity contribution in [2.45, 2.75) is 50.0 Å². The maximum atomic E-state index is 13.6. The minimum atomic E-state index is -0.592. The summed E-state index contributed by atoms with van der Waals surface area (Å²) in [7, 11) is 0. The topological polar surface area (TPSA) is 77.2 Å². The van der Waals surface area contributed by atoms with Crippen molar-refractivity contribution in [3.63, 3.8) is 0 Å². The van der Waals surface area contributed by atoms with Crippen LogP contribution in [0.5, 0.6) is 5.75 Å². The number of nitrogens with zero attached hydrogens (tertiary/aromatic N) is 2. The van der Waals surface area contributed by atoms with Gasteiger partial charge in [-0.3, -0.25) is 4.79 Å². The first-order chi connectivity index (χ1) is 12.1. The van der Waals surface area contributed by atoms with Gasteiger partial charge in [-0.05, 0) is 31.9 Å². The fraction of sp³-hybridized carbons (Fsp3) is 0.471. The summed E-state index contributed by atoms with van der Waals surface area (Å²) in [5.74, 6) is 0.0976. The van der Waals surface area contributed by atoms with Gasteiger partial charge in [-0.15, -0.1) is 10.2 Å². The number of carbonyl (C=O) groups excluding carboxylic acids is 1. The third-order valence-corrected chi connectivity index (χ3v) is 4.78. The van der Waals surface area contributed by atoms with E-state index in [2.05, 4.69) is 15.5 Å². The van der Waals surface area contributed by atoms with Crippen LogP contribution in [0.1, 0.15) is 44.6 Å². The third-order valence-electron chi connectivity index (χ3n) is 3.96. The first-order valence-corrected chi connectivity index (χ1v) is 9.27. The maximum Gasteiger partial charge on any atom is 0.277 e. The normalized spacial score (nSPS) is 15.9. The van der Waals surface area contributed by atoms with Gasteiger partial charge in [0.25, 0.3) is 11.1 Å². The molecule has 1 amide bonds. The summed E-state index contributed by atoms with van der Waals surface area (Å²) in [5.41, 5.74) is 0. The molecule has 0 saturated heterocycles. The van der Waals surface area contributed by atoms with Gasteiger partial charge in [0.05, 0.1) is 5.75 Å². The Morgan fingerprint density at radius 2 is 2.16 bits per heavy atom. The van der Waals surface area contributed by atoms with Gasteiger partial charge < -0.3 is 14.5 Å². The highest BCUT2D eigenvalue weighted by Crippen LogP contribution is 2.25. The van der Waals surface area contributed by atoms with Gasteiger partial charge in [-0.1, -0.05) is 36.7 Å². The molecule has 0 spiro atoms. The lowest BCUT2D eigenvalue weighted by molar-refractivity contribution is -0.119. The molecule has 6 nitrogen and oxygen atoms in total. The number of halogens is 1. The van der Waals surface area contributed by atoms with Crippen molar-refractivity contribution in [3.05, 3.63) is 36.0 Å². The molecule has 1 aromatic heterocycles. The number of benzene rings is 1. The Balaban J connectivity index is 1.49. The largest absolute Gasteiger partial charge is 0.478 e. The summed E-state index contributed by atoms with van der Waals surface area (Å²) in [6.07, 6.45) is 3.85. The van der Waals surface area contributed by atoms with Crippen molar-refractivity contribution in [1.29, 1.82) is 0 Å². The van der Waals surface area contributed by atoms with Gasteiger partial charge in [0.1, 0.15) is 0 Å². The zero-order chi connectivity index (χ0) is 17.6. The number of para-hydroxylation sites is 1. The monoisotopic (exact) mass is 365 g/mol. The van der Waals surface area contributed by atoms with E-state index in [1.165, 1.54) is 36.7 Å². The van der Waals surface area contributed by atoms with E-state index >= 15 is 0 Å². The van der Waals surface area contributed by atoms with Crippen molar-refractivity contribution in [1.82, 2.24) is 15.5 Å². The standard InChI is InChI=1S/C17H20FN3O3S/c1-11(23-14-9-5-4-8-13(14)18)16-20-21-17(24-16)25-10-15(22)19-12-6-2-3-7-12/h4-5,8-9,11-12H,2-3,6-7,10H2,1H3,(H,19,22)/t11-/m1/s1. The number of carbonyl (C=O) groups is 1. The van der Waals surface area contributed by atoms with E-state index in [9.17, 15) is 9.18 Å². The zero-order valence-electron chi connectivity index (χ0n) is 13.9. The maximum absolute atomic E-state index is 13.6. The van der Waals surface area contributed by atoms with Gasteiger partial charge >= 0.3 is 0 Å². The molecule has 1 atom stereocenters. The number of rotatable bonds is 7. The molecule has 25 heavy (non-hydrogen) atoms. The molecule has 1 heterocycles. The Bertz CT molecular complexity index is 719. The molecule has 1 aromatic carbocycles. The SMILES string of the molecule is C[C@@H](Oc1ccccc1F)c1nnc(SCC(=O)NC2CCCC2)o1. The number of thioether (sulfide) groups is 1. The van der Waals surface area contributed by atoms with Crippen LogP contribution in [0.3, 0.4) is 0 Å². The van der Waals surface area contributed by atoms with Gasteiger partial charge in [-0.25, -0.2) is 4.39 Å². The van der Waals surface area contributed by atoms with Crippen molar-refractivity contribution < 1.29 is 18.3 Å². The molecule has 0 unspecified atom stereocenters. The Kier molecular flexibility index (Phi) is 5.91. The molecule has 1 saturated carbocycles. The number of nitrogens with one attached hydrogen (secondary N) is 1. The molecule has 1 aliphatic carbocycles. The fourth-order valence-corrected chi connectivity index (χ4v) is 3.27. The van der Waals surface area contributed by atoms with E-state index in [4.69, 9.17) is 9.15 Å². The van der Waals surface area contributed by atoms with Gasteiger partial charge in [0, 0.05) is 6.04 Å². The predicted octanol–water partition coefficient (Wildman–Crippen LogP) is 3.50. The number of hydrogen-bond donors (Lipinski definition) is 1. The van der Waals surface area contributed by atoms with Gasteiger partial charge in [-0.2, -0.15) is 0 Å². The molecular weight excluding hydrogens is 345 g/mol. The van der Waals surface area contributed by atoms with Crippen LogP contribution in [0.4, 0.5) is 4.39 Å². The molecule has 2 aromatic rings. The molecule has 0 bridgehead atoms. The van der Waals surface area contributed by atoms with E-state index in [0.29, 0.717) is 11.3 Å². The third kappa shape index (κ3) is 4.94. The van der Waals surface area contributed by atoms with Crippen LogP contribution in [-0.4, -0.2) is 27.9 Å². The Labute approximate surface area is 149 Å². The average Bonchev–Trinajstić information content (AvgIpc) is 3.26. The molecule has 134 valence electrons. The average molecular weight is 365 g/mol. The molecule has 8 heteroatoms. The molecule has 0 radical (unpaired) electrons. The Morgan fingerprint density at radius 3 is 2.92 bits per heavy atom. The summed E-state index contributed by atoms with van der Waals surface area (Å²) in [6, 6.07) is 6.42. The van der Waals surface area contributed by atoms with Crippen molar-refractivity contribution in [2.75, 3.05) is 5.75 Å². The summed E-state index contributed by atoms with van der Waals surface area (Å²) < 4.78 is 24.6. The van der Waals surface area contributed by atoms with E-state index < -0.39 is 11.9 Å². The number of aromatic nitrogens is 2. The lowest BCUT2D eigenvalue weighted by atomic mass is 10.2. The smallest absolute Gasteiger partial charge is 0.277 e. The van der Waals surface area contributed by atoms with Crippen LogP contribution >= 0.6 is 11.8 Å². The van der Waals surface area contributed by atoms with Crippen LogP contribution in [0, 0.1) is 5.82 Å². The van der Waals surface area contributed by atoms with Crippen LogP contribution in [-0.2, 0) is 4.79 Å². The van der Waals surface area contributed by atoms with Crippen molar-refractivity contribution in [3.8, 4) is 5.75 Å². The first-order valence-electron chi connectivity index (χ1n) is 8.28. The van der Waals surface area contributed by atoms with Crippen LogP contribution in [0.15, 0.2) is 33.9 Å². The molecule has 1 aliphatic rings. The number of amides is 1. The highest BCUT2D eigenvalue weighted by Gasteiger charge is 2.20. The van der Waals surface area contributed by atoms with Crippen LogP contribution in [0.2, 0.25) is 0 Å². The Morgan fingerprint density at radius 1 is 1.40 bits per heavy atom. The van der Waals surface area contributed by atoms with Crippen LogP contribution in [0.25, 0.3) is 0 Å². The highest BCUT2D eigenvalue weighted by molar-refractivity contribution is 7.99. The Hall–Kier alpha value is -2.09. The predicted molar refractivity (Wildman–Crippen MR) is 90.9 cm³/mol. The molecule has 3 rings (SSSR count). The molecule has 0 aliphatic heterocycles. The second-order valence-electron chi connectivity index (χ2n) is 5.93. The summed E-state index contributed by atoms with van der Waals surface area (Å²) in [6.45, 7) is 1.70. The molecular formula is C17H20FN3O3S. The second-order valence-corrected chi connectivity index (χ2v) is 6.86. The van der Waals surface area contributed by atoms with Crippen LogP contribution < -0.4 is 10.1 Å². The first kappa shape index (κ1) is 17.7. The summed E-state index contributed by atoms with van der Waals surface area (Å²) >= 11 is 1.18. The second kappa shape index (κ2) is 8.33. The summed E-state index contributed by atoms with van der Waals surface area (Å²) in [5, 5.41) is 11.1. The molecule has 1 N–H and O–H groups in total. The minimum Gasteiger partial charge on any atom is -0.478 e. The lowest BCUT2D eigenvalue weighted by Gasteiger charge is -2.11. The number of hydrogen-bond acceptors (Lipinski definition) is 6.